The Balaban J connectivity index is 2.79. The Morgan fingerprint density at radius 3 is 2.67 bits per heavy atom. The molecule has 0 atom stereocenters. The number of fused-ring (bicyclic) bond motifs is 1. The Labute approximate surface area is 89.5 Å². The summed E-state index contributed by atoms with van der Waals surface area (Å²) in [5, 5.41) is 1.16. The predicted molar refractivity (Wildman–Crippen MR) is 64.0 cm³/mol. The number of pyridine rings is 1. The maximum Gasteiger partial charge on any atom is 0.0723 e. The second-order valence-electron chi connectivity index (χ2n) is 3.75. The van der Waals surface area contributed by atoms with Gasteiger partial charge in [0.05, 0.1) is 11.2 Å². The lowest BCUT2D eigenvalue weighted by Crippen LogP contribution is -2.14. The number of nitrogens with two attached hydrogens (primary N) is 1. The first-order valence-corrected chi connectivity index (χ1v) is 4.98. The van der Waals surface area contributed by atoms with Crippen LogP contribution in [0.4, 0.5) is 5.69 Å². The number of hydrogen-bond donors (Lipinski definition) is 1. The van der Waals surface area contributed by atoms with Crippen LogP contribution in [-0.2, 0) is 6.54 Å². The van der Waals surface area contributed by atoms with Crippen LogP contribution in [0.2, 0.25) is 0 Å². The van der Waals surface area contributed by atoms with E-state index in [2.05, 4.69) is 16.0 Å². The molecule has 78 valence electrons. The second kappa shape index (κ2) is 3.87. The van der Waals surface area contributed by atoms with E-state index in [1.165, 1.54) is 5.69 Å². The van der Waals surface area contributed by atoms with Gasteiger partial charge in [-0.25, -0.2) is 0 Å². The Morgan fingerprint density at radius 2 is 2.00 bits per heavy atom. The average Bonchev–Trinajstić information content (AvgIpc) is 2.27. The molecule has 0 unspecified atom stereocenters. The van der Waals surface area contributed by atoms with Gasteiger partial charge in [-0.1, -0.05) is 18.2 Å². The summed E-state index contributed by atoms with van der Waals surface area (Å²) in [6.07, 6.45) is 1.86. The molecule has 1 heterocycles. The molecule has 15 heavy (non-hydrogen) atoms. The number of hydrogen-bond acceptors (Lipinski definition) is 3. The van der Waals surface area contributed by atoms with Crippen LogP contribution in [0.5, 0.6) is 0 Å². The fourth-order valence-corrected chi connectivity index (χ4v) is 1.85. The maximum atomic E-state index is 5.71. The fraction of sp³-hybridized carbons (Fsp3) is 0.250. The van der Waals surface area contributed by atoms with Gasteiger partial charge in [0.1, 0.15) is 0 Å². The lowest BCUT2D eigenvalue weighted by atomic mass is 10.1. The summed E-state index contributed by atoms with van der Waals surface area (Å²) in [6.45, 7) is 0.519. The number of anilines is 1. The number of rotatable bonds is 2. The molecule has 0 saturated heterocycles. The standard InChI is InChI=1S/C12H15N3/c1-15(2)12-9(7-13)8-14-11-6-4-3-5-10(11)12/h3-6,8H,7,13H2,1-2H3. The van der Waals surface area contributed by atoms with Gasteiger partial charge < -0.3 is 10.6 Å². The third kappa shape index (κ3) is 1.66. The molecule has 0 amide bonds. The van der Waals surface area contributed by atoms with E-state index in [0.717, 1.165) is 16.5 Å². The van der Waals surface area contributed by atoms with Gasteiger partial charge in [-0.2, -0.15) is 0 Å². The summed E-state index contributed by atoms with van der Waals surface area (Å²) in [5.74, 6) is 0. The third-order valence-corrected chi connectivity index (χ3v) is 2.49. The minimum Gasteiger partial charge on any atom is -0.377 e. The molecule has 0 bridgehead atoms. The van der Waals surface area contributed by atoms with Crippen molar-refractivity contribution >= 4 is 16.6 Å². The van der Waals surface area contributed by atoms with Crippen molar-refractivity contribution in [3.63, 3.8) is 0 Å². The lowest BCUT2D eigenvalue weighted by Gasteiger charge is -2.18. The monoisotopic (exact) mass is 201 g/mol. The van der Waals surface area contributed by atoms with E-state index in [9.17, 15) is 0 Å². The minimum absolute atomic E-state index is 0.519. The van der Waals surface area contributed by atoms with E-state index < -0.39 is 0 Å². The van der Waals surface area contributed by atoms with Crippen LogP contribution in [0.25, 0.3) is 10.9 Å². The molecule has 3 heteroatoms. The van der Waals surface area contributed by atoms with Crippen LogP contribution in [0, 0.1) is 0 Å². The van der Waals surface area contributed by atoms with Crippen LogP contribution in [0.1, 0.15) is 5.56 Å². The SMILES string of the molecule is CN(C)c1c(CN)cnc2ccccc12. The zero-order valence-electron chi connectivity index (χ0n) is 9.07. The summed E-state index contributed by atoms with van der Waals surface area (Å²) in [6, 6.07) is 8.12. The third-order valence-electron chi connectivity index (χ3n) is 2.49. The average molecular weight is 201 g/mol. The molecular formula is C12H15N3. The van der Waals surface area contributed by atoms with Crippen molar-refractivity contribution in [3.8, 4) is 0 Å². The molecule has 0 radical (unpaired) electrons. The van der Waals surface area contributed by atoms with Crippen LogP contribution in [0.15, 0.2) is 30.5 Å². The van der Waals surface area contributed by atoms with E-state index >= 15 is 0 Å². The molecule has 0 aliphatic heterocycles. The summed E-state index contributed by atoms with van der Waals surface area (Å²) in [4.78, 5) is 6.48. The minimum atomic E-state index is 0.519. The quantitative estimate of drug-likeness (QED) is 0.805. The van der Waals surface area contributed by atoms with Gasteiger partial charge in [-0.15, -0.1) is 0 Å². The first-order chi connectivity index (χ1) is 7.24. The van der Waals surface area contributed by atoms with Crippen LogP contribution >= 0.6 is 0 Å². The number of para-hydroxylation sites is 1. The lowest BCUT2D eigenvalue weighted by molar-refractivity contribution is 1.02. The first-order valence-electron chi connectivity index (χ1n) is 4.98. The van der Waals surface area contributed by atoms with Crippen LogP contribution < -0.4 is 10.6 Å². The normalized spacial score (nSPS) is 10.6. The smallest absolute Gasteiger partial charge is 0.0723 e. The van der Waals surface area contributed by atoms with Crippen LogP contribution in [-0.4, -0.2) is 19.1 Å². The number of benzene rings is 1. The van der Waals surface area contributed by atoms with Gasteiger partial charge in [-0.05, 0) is 6.07 Å². The van der Waals surface area contributed by atoms with Gasteiger partial charge in [0.2, 0.25) is 0 Å². The molecular weight excluding hydrogens is 186 g/mol. The van der Waals surface area contributed by atoms with Gasteiger partial charge >= 0.3 is 0 Å². The Morgan fingerprint density at radius 1 is 1.27 bits per heavy atom. The van der Waals surface area contributed by atoms with Crippen molar-refractivity contribution in [2.24, 2.45) is 5.73 Å². The van der Waals surface area contributed by atoms with E-state index in [1.54, 1.807) is 0 Å². The van der Waals surface area contributed by atoms with Crippen molar-refractivity contribution in [2.75, 3.05) is 19.0 Å². The summed E-state index contributed by atoms with van der Waals surface area (Å²) >= 11 is 0. The molecule has 1 aromatic carbocycles. The molecule has 0 aliphatic carbocycles. The Bertz CT molecular complexity index is 477. The maximum absolute atomic E-state index is 5.71. The summed E-state index contributed by atoms with van der Waals surface area (Å²) in [5.41, 5.74) is 8.98. The molecule has 0 saturated carbocycles. The molecule has 2 rings (SSSR count). The summed E-state index contributed by atoms with van der Waals surface area (Å²) in [7, 11) is 4.06. The van der Waals surface area contributed by atoms with Crippen molar-refractivity contribution in [3.05, 3.63) is 36.0 Å². The highest BCUT2D eigenvalue weighted by atomic mass is 15.1. The molecule has 2 N–H and O–H groups in total. The molecule has 3 nitrogen and oxygen atoms in total. The number of nitrogens with zero attached hydrogens (tertiary/aromatic N) is 2. The molecule has 0 fully saturated rings. The van der Waals surface area contributed by atoms with Crippen molar-refractivity contribution in [2.45, 2.75) is 6.54 Å². The molecule has 0 aliphatic rings. The largest absolute Gasteiger partial charge is 0.377 e. The first kappa shape index (κ1) is 9.93. The van der Waals surface area contributed by atoms with Gasteiger partial charge in [0.15, 0.2) is 0 Å². The Kier molecular flexibility index (Phi) is 2.56. The zero-order chi connectivity index (χ0) is 10.8. The van der Waals surface area contributed by atoms with Crippen molar-refractivity contribution in [1.29, 1.82) is 0 Å². The highest BCUT2D eigenvalue weighted by Crippen LogP contribution is 2.27. The highest BCUT2D eigenvalue weighted by molar-refractivity contribution is 5.93. The fourth-order valence-electron chi connectivity index (χ4n) is 1.85. The summed E-state index contributed by atoms with van der Waals surface area (Å²) < 4.78 is 0. The van der Waals surface area contributed by atoms with E-state index in [1.807, 2.05) is 38.5 Å². The molecule has 2 aromatic rings. The topological polar surface area (TPSA) is 42.1 Å². The van der Waals surface area contributed by atoms with Crippen LogP contribution in [0.3, 0.4) is 0 Å². The molecule has 0 spiro atoms. The number of aromatic nitrogens is 1. The zero-order valence-corrected chi connectivity index (χ0v) is 9.07. The van der Waals surface area contributed by atoms with E-state index in [0.29, 0.717) is 6.54 Å². The van der Waals surface area contributed by atoms with Gasteiger partial charge in [-0.3, -0.25) is 4.98 Å². The Hall–Kier alpha value is -1.61. The second-order valence-corrected chi connectivity index (χ2v) is 3.75. The predicted octanol–water partition coefficient (Wildman–Crippen LogP) is 1.76. The van der Waals surface area contributed by atoms with E-state index in [-0.39, 0.29) is 0 Å². The molecule has 1 aromatic heterocycles. The van der Waals surface area contributed by atoms with Gasteiger partial charge in [0.25, 0.3) is 0 Å². The van der Waals surface area contributed by atoms with Crippen molar-refractivity contribution in [1.82, 2.24) is 4.98 Å². The van der Waals surface area contributed by atoms with E-state index in [4.69, 9.17) is 5.73 Å². The highest BCUT2D eigenvalue weighted by Gasteiger charge is 2.08. The van der Waals surface area contributed by atoms with Gasteiger partial charge in [0, 0.05) is 37.8 Å². The van der Waals surface area contributed by atoms with Crippen molar-refractivity contribution < 1.29 is 0 Å².